The first-order valence-electron chi connectivity index (χ1n) is 9.51. The first-order chi connectivity index (χ1) is 14.0. The van der Waals surface area contributed by atoms with Crippen LogP contribution in [0.2, 0.25) is 0 Å². The van der Waals surface area contributed by atoms with E-state index in [2.05, 4.69) is 6.92 Å². The SMILES string of the molecule is CCCCCCCC(=O)O.O=C(O)CN(CCN(CC(=O)O)CC(=O)O)CC(=O)O. The maximum Gasteiger partial charge on any atom is 0.317 e. The minimum Gasteiger partial charge on any atom is -0.481 e. The second-order valence-electron chi connectivity index (χ2n) is 6.55. The van der Waals surface area contributed by atoms with Crippen molar-refractivity contribution in [1.82, 2.24) is 9.80 Å². The molecule has 0 aromatic rings. The van der Waals surface area contributed by atoms with Gasteiger partial charge >= 0.3 is 29.8 Å². The molecule has 0 aromatic heterocycles. The van der Waals surface area contributed by atoms with Crippen LogP contribution in [-0.4, -0.2) is 104 Å². The van der Waals surface area contributed by atoms with Gasteiger partial charge in [0.1, 0.15) is 0 Å². The molecule has 0 radical (unpaired) electrons. The average molecular weight is 436 g/mol. The zero-order valence-electron chi connectivity index (χ0n) is 17.2. The molecule has 0 spiro atoms. The van der Waals surface area contributed by atoms with E-state index in [4.69, 9.17) is 25.5 Å². The van der Waals surface area contributed by atoms with Gasteiger partial charge in [-0.05, 0) is 6.42 Å². The normalized spacial score (nSPS) is 10.4. The zero-order valence-corrected chi connectivity index (χ0v) is 17.2. The quantitative estimate of drug-likeness (QED) is 0.197. The molecule has 0 bridgehead atoms. The van der Waals surface area contributed by atoms with Crippen molar-refractivity contribution < 1.29 is 49.5 Å². The van der Waals surface area contributed by atoms with Gasteiger partial charge in [0, 0.05) is 19.5 Å². The molecule has 0 atom stereocenters. The second-order valence-corrected chi connectivity index (χ2v) is 6.55. The van der Waals surface area contributed by atoms with Crippen LogP contribution in [0.3, 0.4) is 0 Å². The summed E-state index contributed by atoms with van der Waals surface area (Å²) in [5.41, 5.74) is 0. The van der Waals surface area contributed by atoms with Crippen LogP contribution < -0.4 is 0 Å². The van der Waals surface area contributed by atoms with Crippen molar-refractivity contribution >= 4 is 29.8 Å². The van der Waals surface area contributed by atoms with Gasteiger partial charge in [-0.1, -0.05) is 32.6 Å². The minimum atomic E-state index is -1.23. The van der Waals surface area contributed by atoms with Crippen LogP contribution in [0.15, 0.2) is 0 Å². The monoisotopic (exact) mass is 436 g/mol. The largest absolute Gasteiger partial charge is 0.481 e. The number of carbonyl (C=O) groups is 5. The summed E-state index contributed by atoms with van der Waals surface area (Å²) in [6, 6.07) is 0. The summed E-state index contributed by atoms with van der Waals surface area (Å²) in [4.78, 5) is 54.4. The van der Waals surface area contributed by atoms with E-state index in [1.54, 1.807) is 0 Å². The predicted octanol–water partition coefficient (Wildman–Crippen LogP) is 0.360. The Kier molecular flexibility index (Phi) is 18.0. The first kappa shape index (κ1) is 29.5. The molecule has 0 saturated heterocycles. The molecule has 0 saturated carbocycles. The number of nitrogens with zero attached hydrogens (tertiary/aromatic N) is 2. The molecular weight excluding hydrogens is 404 g/mol. The average Bonchev–Trinajstić information content (AvgIpc) is 2.57. The maximum absolute atomic E-state index is 10.6. The lowest BCUT2D eigenvalue weighted by Gasteiger charge is -2.23. The fraction of sp³-hybridized carbons (Fsp3) is 0.722. The maximum atomic E-state index is 10.6. The van der Waals surface area contributed by atoms with E-state index < -0.39 is 56.0 Å². The summed E-state index contributed by atoms with van der Waals surface area (Å²) >= 11 is 0. The van der Waals surface area contributed by atoms with Gasteiger partial charge in [-0.25, -0.2) is 0 Å². The van der Waals surface area contributed by atoms with Crippen molar-refractivity contribution in [2.75, 3.05) is 39.3 Å². The van der Waals surface area contributed by atoms with Crippen molar-refractivity contribution in [3.8, 4) is 0 Å². The van der Waals surface area contributed by atoms with E-state index in [1.165, 1.54) is 19.3 Å². The van der Waals surface area contributed by atoms with Gasteiger partial charge in [-0.2, -0.15) is 0 Å². The Hall–Kier alpha value is -2.73. The van der Waals surface area contributed by atoms with Gasteiger partial charge in [0.2, 0.25) is 0 Å². The van der Waals surface area contributed by atoms with E-state index in [1.807, 2.05) is 0 Å². The Morgan fingerprint density at radius 2 is 0.867 bits per heavy atom. The molecule has 0 unspecified atom stereocenters. The molecule has 0 aliphatic rings. The van der Waals surface area contributed by atoms with Gasteiger partial charge in [0.25, 0.3) is 0 Å². The Bertz CT molecular complexity index is 485. The highest BCUT2D eigenvalue weighted by atomic mass is 16.4. The predicted molar refractivity (Wildman–Crippen MR) is 104 cm³/mol. The Morgan fingerprint density at radius 3 is 1.13 bits per heavy atom. The number of rotatable bonds is 17. The van der Waals surface area contributed by atoms with Crippen molar-refractivity contribution in [3.05, 3.63) is 0 Å². The molecule has 0 aromatic carbocycles. The number of carboxylic acids is 5. The summed E-state index contributed by atoms with van der Waals surface area (Å²) in [5.74, 6) is -5.58. The summed E-state index contributed by atoms with van der Waals surface area (Å²) in [7, 11) is 0. The van der Waals surface area contributed by atoms with Crippen LogP contribution in [0.5, 0.6) is 0 Å². The van der Waals surface area contributed by atoms with Crippen molar-refractivity contribution in [2.24, 2.45) is 0 Å². The molecule has 0 aliphatic heterocycles. The summed E-state index contributed by atoms with van der Waals surface area (Å²) in [5, 5.41) is 42.7. The van der Waals surface area contributed by atoms with Gasteiger partial charge in [-0.15, -0.1) is 0 Å². The summed E-state index contributed by atoms with van der Waals surface area (Å²) in [6.07, 6.45) is 5.88. The number of hydrogen-bond donors (Lipinski definition) is 5. The molecule has 0 heterocycles. The standard InChI is InChI=1S/C10H16N2O8.C8H16O2/c13-7(14)3-11(4-8(15)16)1-2-12(5-9(17)18)6-10(19)20;1-2-3-4-5-6-7-8(9)10/h1-6H2,(H,13,14)(H,15,16)(H,17,18)(H,19,20);2-7H2,1H3,(H,9,10). The fourth-order valence-electron chi connectivity index (χ4n) is 2.36. The molecule has 12 nitrogen and oxygen atoms in total. The summed E-state index contributed by atoms with van der Waals surface area (Å²) in [6.45, 7) is -0.101. The lowest BCUT2D eigenvalue weighted by molar-refractivity contribution is -0.145. The molecule has 174 valence electrons. The second kappa shape index (κ2) is 18.3. The van der Waals surface area contributed by atoms with Crippen LogP contribution in [0.4, 0.5) is 0 Å². The Morgan fingerprint density at radius 1 is 0.533 bits per heavy atom. The van der Waals surface area contributed by atoms with E-state index in [0.29, 0.717) is 6.42 Å². The number of carboxylic acid groups (broad SMARTS) is 5. The molecule has 0 aliphatic carbocycles. The lowest BCUT2D eigenvalue weighted by atomic mass is 10.1. The Labute approximate surface area is 174 Å². The third kappa shape index (κ3) is 23.3. The molecule has 0 fully saturated rings. The van der Waals surface area contributed by atoms with Gasteiger partial charge in [0.05, 0.1) is 26.2 Å². The molecule has 0 amide bonds. The van der Waals surface area contributed by atoms with E-state index >= 15 is 0 Å². The summed E-state index contributed by atoms with van der Waals surface area (Å²) < 4.78 is 0. The highest BCUT2D eigenvalue weighted by Gasteiger charge is 2.18. The van der Waals surface area contributed by atoms with Crippen LogP contribution in [-0.2, 0) is 24.0 Å². The third-order valence-corrected chi connectivity index (χ3v) is 3.66. The van der Waals surface area contributed by atoms with E-state index in [0.717, 1.165) is 22.6 Å². The van der Waals surface area contributed by atoms with Crippen LogP contribution in [0.1, 0.15) is 45.4 Å². The van der Waals surface area contributed by atoms with Crippen LogP contribution in [0.25, 0.3) is 0 Å². The highest BCUT2D eigenvalue weighted by molar-refractivity contribution is 5.73. The topological polar surface area (TPSA) is 193 Å². The molecule has 5 N–H and O–H groups in total. The Balaban J connectivity index is 0. The molecule has 30 heavy (non-hydrogen) atoms. The number of unbranched alkanes of at least 4 members (excludes halogenated alkanes) is 4. The molecule has 0 rings (SSSR count). The lowest BCUT2D eigenvalue weighted by Crippen LogP contribution is -2.43. The van der Waals surface area contributed by atoms with Crippen molar-refractivity contribution in [2.45, 2.75) is 45.4 Å². The molecular formula is C18H32N2O10. The van der Waals surface area contributed by atoms with Crippen molar-refractivity contribution in [3.63, 3.8) is 0 Å². The van der Waals surface area contributed by atoms with Crippen molar-refractivity contribution in [1.29, 1.82) is 0 Å². The number of aliphatic carboxylic acids is 5. The zero-order chi connectivity index (χ0) is 23.5. The van der Waals surface area contributed by atoms with Gasteiger partial charge in [0.15, 0.2) is 0 Å². The highest BCUT2D eigenvalue weighted by Crippen LogP contribution is 2.04. The van der Waals surface area contributed by atoms with E-state index in [9.17, 15) is 24.0 Å². The number of hydrogen-bond acceptors (Lipinski definition) is 7. The first-order valence-corrected chi connectivity index (χ1v) is 9.51. The smallest absolute Gasteiger partial charge is 0.317 e. The van der Waals surface area contributed by atoms with Gasteiger partial charge in [-0.3, -0.25) is 33.8 Å². The van der Waals surface area contributed by atoms with Crippen LogP contribution in [0, 0.1) is 0 Å². The minimum absolute atomic E-state index is 0.0703. The van der Waals surface area contributed by atoms with E-state index in [-0.39, 0.29) is 13.1 Å². The molecule has 12 heteroatoms. The fourth-order valence-corrected chi connectivity index (χ4v) is 2.36. The third-order valence-electron chi connectivity index (χ3n) is 3.66. The van der Waals surface area contributed by atoms with Gasteiger partial charge < -0.3 is 25.5 Å². The van der Waals surface area contributed by atoms with Crippen LogP contribution >= 0.6 is 0 Å².